The molecule has 2 aromatic carbocycles. The van der Waals surface area contributed by atoms with Crippen LogP contribution in [0.25, 0.3) is 16.8 Å². The highest BCUT2D eigenvalue weighted by molar-refractivity contribution is 6.05. The van der Waals surface area contributed by atoms with Gasteiger partial charge in [0.1, 0.15) is 23.0 Å². The maximum atomic E-state index is 12.7. The van der Waals surface area contributed by atoms with Crippen LogP contribution in [0.3, 0.4) is 0 Å². The molecule has 35 heavy (non-hydrogen) atoms. The number of carbonyl (C=O) groups is 1. The van der Waals surface area contributed by atoms with Crippen LogP contribution in [-0.2, 0) is 0 Å². The van der Waals surface area contributed by atoms with E-state index in [0.29, 0.717) is 40.1 Å². The fraction of sp³-hybridized carbons (Fsp3) is 0.0769. The third-order valence-electron chi connectivity index (χ3n) is 5.19. The summed E-state index contributed by atoms with van der Waals surface area (Å²) in [5, 5.41) is 3.29. The van der Waals surface area contributed by atoms with Crippen LogP contribution in [0.5, 0.6) is 17.4 Å². The number of benzene rings is 2. The number of methoxy groups -OCH3 is 1. The van der Waals surface area contributed by atoms with Crippen molar-refractivity contribution >= 4 is 22.6 Å². The van der Waals surface area contributed by atoms with E-state index in [0.717, 1.165) is 0 Å². The van der Waals surface area contributed by atoms with Gasteiger partial charge in [-0.15, -0.1) is 0 Å². The highest BCUT2D eigenvalue weighted by Crippen LogP contribution is 2.26. The zero-order valence-electron chi connectivity index (χ0n) is 18.9. The Morgan fingerprint density at radius 1 is 1.00 bits per heavy atom. The average molecular weight is 468 g/mol. The molecule has 0 atom stereocenters. The smallest absolute Gasteiger partial charge is 0.349 e. The molecular formula is C26H20N4O5. The lowest BCUT2D eigenvalue weighted by molar-refractivity contribution is 0.102. The molecule has 3 aromatic heterocycles. The molecule has 0 unspecified atom stereocenters. The van der Waals surface area contributed by atoms with Crippen LogP contribution in [0.4, 0.5) is 5.69 Å². The number of fused-ring (bicyclic) bond motifs is 1. The van der Waals surface area contributed by atoms with Crippen LogP contribution >= 0.6 is 0 Å². The number of hydrogen-bond acceptors (Lipinski definition) is 7. The van der Waals surface area contributed by atoms with Crippen molar-refractivity contribution in [1.29, 1.82) is 0 Å². The number of aromatic nitrogens is 3. The first-order valence-corrected chi connectivity index (χ1v) is 10.7. The summed E-state index contributed by atoms with van der Waals surface area (Å²) in [7, 11) is 1.48. The van der Waals surface area contributed by atoms with Crippen LogP contribution in [-0.4, -0.2) is 27.6 Å². The topological polar surface area (TPSA) is 108 Å². The van der Waals surface area contributed by atoms with Crippen LogP contribution < -0.4 is 20.4 Å². The van der Waals surface area contributed by atoms with Gasteiger partial charge in [0.05, 0.1) is 7.11 Å². The molecule has 174 valence electrons. The Morgan fingerprint density at radius 3 is 2.51 bits per heavy atom. The van der Waals surface area contributed by atoms with E-state index in [1.54, 1.807) is 55.5 Å². The SMILES string of the molecule is COc1cccc2cc(C(=O)Nc3ccc(Oc4cc(-n5cccc5)nc(C)n4)cc3)c(=O)oc12. The Kier molecular flexibility index (Phi) is 5.72. The summed E-state index contributed by atoms with van der Waals surface area (Å²) in [5.74, 6) is 2.01. The third kappa shape index (κ3) is 4.60. The largest absolute Gasteiger partial charge is 0.493 e. The monoisotopic (exact) mass is 468 g/mol. The number of ether oxygens (including phenoxy) is 2. The molecule has 0 fully saturated rings. The number of carbonyl (C=O) groups excluding carboxylic acids is 1. The van der Waals surface area contributed by atoms with Crippen LogP contribution in [0.1, 0.15) is 16.2 Å². The molecule has 0 bridgehead atoms. The van der Waals surface area contributed by atoms with Crippen molar-refractivity contribution in [2.24, 2.45) is 0 Å². The predicted octanol–water partition coefficient (Wildman–Crippen LogP) is 4.74. The predicted molar refractivity (Wildman–Crippen MR) is 130 cm³/mol. The lowest BCUT2D eigenvalue weighted by atomic mass is 10.1. The van der Waals surface area contributed by atoms with Crippen molar-refractivity contribution < 1.29 is 18.7 Å². The lowest BCUT2D eigenvalue weighted by Gasteiger charge is -2.10. The van der Waals surface area contributed by atoms with Crippen LogP contribution in [0.2, 0.25) is 0 Å². The molecule has 0 aliphatic carbocycles. The molecule has 5 rings (SSSR count). The Balaban J connectivity index is 1.32. The number of anilines is 1. The minimum absolute atomic E-state index is 0.111. The second kappa shape index (κ2) is 9.14. The Bertz CT molecular complexity index is 1570. The molecule has 1 N–H and O–H groups in total. The fourth-order valence-corrected chi connectivity index (χ4v) is 3.56. The number of aryl methyl sites for hydroxylation is 1. The normalized spacial score (nSPS) is 10.8. The molecule has 3 heterocycles. The zero-order chi connectivity index (χ0) is 24.4. The van der Waals surface area contributed by atoms with E-state index in [9.17, 15) is 9.59 Å². The Hall–Kier alpha value is -4.92. The van der Waals surface area contributed by atoms with E-state index in [1.807, 2.05) is 29.1 Å². The van der Waals surface area contributed by atoms with E-state index in [1.165, 1.54) is 13.2 Å². The van der Waals surface area contributed by atoms with Crippen molar-refractivity contribution in [2.45, 2.75) is 6.92 Å². The lowest BCUT2D eigenvalue weighted by Crippen LogP contribution is -2.20. The van der Waals surface area contributed by atoms with Gasteiger partial charge in [-0.2, -0.15) is 4.98 Å². The first kappa shape index (κ1) is 21.9. The van der Waals surface area contributed by atoms with E-state index < -0.39 is 11.5 Å². The van der Waals surface area contributed by atoms with Crippen molar-refractivity contribution in [3.8, 4) is 23.2 Å². The van der Waals surface area contributed by atoms with E-state index >= 15 is 0 Å². The number of para-hydroxylation sites is 1. The summed E-state index contributed by atoms with van der Waals surface area (Å²) in [4.78, 5) is 33.9. The number of hydrogen-bond donors (Lipinski definition) is 1. The van der Waals surface area contributed by atoms with Gasteiger partial charge in [0.15, 0.2) is 11.3 Å². The van der Waals surface area contributed by atoms with Gasteiger partial charge in [-0.3, -0.25) is 4.79 Å². The van der Waals surface area contributed by atoms with Crippen LogP contribution in [0.15, 0.2) is 88.3 Å². The van der Waals surface area contributed by atoms with Gasteiger partial charge in [-0.1, -0.05) is 12.1 Å². The summed E-state index contributed by atoms with van der Waals surface area (Å²) in [6, 6.07) is 18.9. The summed E-state index contributed by atoms with van der Waals surface area (Å²) in [5.41, 5.74) is -0.0884. The summed E-state index contributed by atoms with van der Waals surface area (Å²) in [6.45, 7) is 1.79. The van der Waals surface area contributed by atoms with Gasteiger partial charge < -0.3 is 23.8 Å². The molecule has 9 heteroatoms. The van der Waals surface area contributed by atoms with Crippen molar-refractivity contribution in [1.82, 2.24) is 14.5 Å². The molecule has 1 amide bonds. The summed E-state index contributed by atoms with van der Waals surface area (Å²) < 4.78 is 18.3. The quantitative estimate of drug-likeness (QED) is 0.359. The second-order valence-electron chi connectivity index (χ2n) is 7.61. The number of rotatable bonds is 6. The maximum absolute atomic E-state index is 12.7. The molecule has 0 aliphatic rings. The fourth-order valence-electron chi connectivity index (χ4n) is 3.56. The van der Waals surface area contributed by atoms with Gasteiger partial charge in [0, 0.05) is 29.5 Å². The number of nitrogens with zero attached hydrogens (tertiary/aromatic N) is 3. The average Bonchev–Trinajstić information content (AvgIpc) is 3.39. The van der Waals surface area contributed by atoms with Gasteiger partial charge in [-0.05, 0) is 55.5 Å². The molecule has 9 nitrogen and oxygen atoms in total. The Labute approximate surface area is 199 Å². The molecule has 0 saturated heterocycles. The molecular weight excluding hydrogens is 448 g/mol. The molecule has 0 aliphatic heterocycles. The molecule has 0 radical (unpaired) electrons. The van der Waals surface area contributed by atoms with Gasteiger partial charge >= 0.3 is 5.63 Å². The van der Waals surface area contributed by atoms with Crippen LogP contribution in [0, 0.1) is 6.92 Å². The zero-order valence-corrected chi connectivity index (χ0v) is 18.9. The van der Waals surface area contributed by atoms with Crippen molar-refractivity contribution in [3.05, 3.63) is 101 Å². The van der Waals surface area contributed by atoms with Gasteiger partial charge in [0.2, 0.25) is 5.88 Å². The highest BCUT2D eigenvalue weighted by atomic mass is 16.5. The van der Waals surface area contributed by atoms with Gasteiger partial charge in [-0.25, -0.2) is 9.78 Å². The Morgan fingerprint density at radius 2 is 1.77 bits per heavy atom. The second-order valence-corrected chi connectivity index (χ2v) is 7.61. The third-order valence-corrected chi connectivity index (χ3v) is 5.19. The number of amides is 1. The first-order chi connectivity index (χ1) is 17.0. The van der Waals surface area contributed by atoms with E-state index in [2.05, 4.69) is 15.3 Å². The minimum atomic E-state index is -0.753. The summed E-state index contributed by atoms with van der Waals surface area (Å²) >= 11 is 0. The molecule has 5 aromatic rings. The van der Waals surface area contributed by atoms with E-state index in [-0.39, 0.29) is 11.1 Å². The maximum Gasteiger partial charge on any atom is 0.349 e. The van der Waals surface area contributed by atoms with Crippen molar-refractivity contribution in [2.75, 3.05) is 12.4 Å². The number of nitrogens with one attached hydrogen (secondary N) is 1. The standard InChI is InChI=1S/C26H20N4O5/c1-16-27-22(30-12-3-4-13-30)15-23(28-16)34-19-10-8-18(9-11-19)29-25(31)20-14-17-6-5-7-21(33-2)24(17)35-26(20)32/h3-15H,1-2H3,(H,29,31). The van der Waals surface area contributed by atoms with E-state index in [4.69, 9.17) is 13.9 Å². The first-order valence-electron chi connectivity index (χ1n) is 10.7. The van der Waals surface area contributed by atoms with Crippen molar-refractivity contribution in [3.63, 3.8) is 0 Å². The summed E-state index contributed by atoms with van der Waals surface area (Å²) in [6.07, 6.45) is 3.77. The minimum Gasteiger partial charge on any atom is -0.493 e. The van der Waals surface area contributed by atoms with Gasteiger partial charge in [0.25, 0.3) is 5.91 Å². The molecule has 0 saturated carbocycles. The highest BCUT2D eigenvalue weighted by Gasteiger charge is 2.16. The molecule has 0 spiro atoms.